The standard InChI is InChI=1S/C15H15BrN2O3/c1-21-15-6-5-13(16)8-12(15)10-17-9-11-3-2-4-14(7-11)18(19)20/h2-8,17H,9-10H2,1H3. The quantitative estimate of drug-likeness (QED) is 0.637. The summed E-state index contributed by atoms with van der Waals surface area (Å²) in [6.45, 7) is 1.17. The Hall–Kier alpha value is -1.92. The first-order chi connectivity index (χ1) is 10.1. The largest absolute Gasteiger partial charge is 0.496 e. The molecule has 0 radical (unpaired) electrons. The van der Waals surface area contributed by atoms with Crippen molar-refractivity contribution < 1.29 is 9.66 Å². The zero-order valence-electron chi connectivity index (χ0n) is 11.5. The molecule has 0 fully saturated rings. The second-order valence-corrected chi connectivity index (χ2v) is 5.40. The minimum atomic E-state index is -0.388. The predicted octanol–water partition coefficient (Wildman–Crippen LogP) is 3.66. The fraction of sp³-hybridized carbons (Fsp3) is 0.200. The Balaban J connectivity index is 2.00. The van der Waals surface area contributed by atoms with E-state index in [-0.39, 0.29) is 10.6 Å². The summed E-state index contributed by atoms with van der Waals surface area (Å²) in [5.74, 6) is 0.810. The van der Waals surface area contributed by atoms with Gasteiger partial charge in [-0.3, -0.25) is 10.1 Å². The van der Waals surface area contributed by atoms with Crippen LogP contribution in [0, 0.1) is 10.1 Å². The molecule has 0 unspecified atom stereocenters. The normalized spacial score (nSPS) is 10.4. The zero-order valence-corrected chi connectivity index (χ0v) is 13.1. The maximum absolute atomic E-state index is 10.7. The van der Waals surface area contributed by atoms with Gasteiger partial charge in [0.1, 0.15) is 5.75 Å². The minimum Gasteiger partial charge on any atom is -0.496 e. The number of ether oxygens (including phenoxy) is 1. The number of nitrogens with one attached hydrogen (secondary N) is 1. The van der Waals surface area contributed by atoms with Gasteiger partial charge < -0.3 is 10.1 Å². The number of halogens is 1. The number of non-ortho nitro benzene ring substituents is 1. The van der Waals surface area contributed by atoms with Crippen molar-refractivity contribution >= 4 is 21.6 Å². The van der Waals surface area contributed by atoms with Gasteiger partial charge in [-0.2, -0.15) is 0 Å². The third-order valence-corrected chi connectivity index (χ3v) is 3.50. The first-order valence-electron chi connectivity index (χ1n) is 6.36. The Labute approximate surface area is 131 Å². The number of methoxy groups -OCH3 is 1. The van der Waals surface area contributed by atoms with E-state index < -0.39 is 0 Å². The third-order valence-electron chi connectivity index (χ3n) is 3.01. The summed E-state index contributed by atoms with van der Waals surface area (Å²) in [4.78, 5) is 10.3. The number of hydrogen-bond acceptors (Lipinski definition) is 4. The molecule has 0 bridgehead atoms. The van der Waals surface area contributed by atoms with Crippen molar-refractivity contribution in [3.05, 3.63) is 68.2 Å². The molecule has 2 aromatic rings. The molecule has 21 heavy (non-hydrogen) atoms. The minimum absolute atomic E-state index is 0.106. The molecule has 1 N–H and O–H groups in total. The highest BCUT2D eigenvalue weighted by atomic mass is 79.9. The average Bonchev–Trinajstić information content (AvgIpc) is 2.48. The van der Waals surface area contributed by atoms with E-state index in [0.717, 1.165) is 21.3 Å². The lowest BCUT2D eigenvalue weighted by Crippen LogP contribution is -2.13. The van der Waals surface area contributed by atoms with Crippen LogP contribution in [0.3, 0.4) is 0 Å². The van der Waals surface area contributed by atoms with Crippen LogP contribution < -0.4 is 10.1 Å². The molecule has 110 valence electrons. The average molecular weight is 351 g/mol. The topological polar surface area (TPSA) is 64.4 Å². The Morgan fingerprint density at radius 1 is 1.24 bits per heavy atom. The molecule has 0 aliphatic heterocycles. The first kappa shape index (κ1) is 15.5. The van der Waals surface area contributed by atoms with Crippen LogP contribution >= 0.6 is 15.9 Å². The number of nitro groups is 1. The molecule has 0 saturated heterocycles. The lowest BCUT2D eigenvalue weighted by atomic mass is 10.1. The molecule has 0 atom stereocenters. The summed E-state index contributed by atoms with van der Waals surface area (Å²) in [7, 11) is 1.63. The van der Waals surface area contributed by atoms with Crippen LogP contribution in [0.2, 0.25) is 0 Å². The third kappa shape index (κ3) is 4.27. The molecule has 0 saturated carbocycles. The first-order valence-corrected chi connectivity index (χ1v) is 7.16. The van der Waals surface area contributed by atoms with E-state index in [9.17, 15) is 10.1 Å². The molecule has 6 heteroatoms. The lowest BCUT2D eigenvalue weighted by Gasteiger charge is -2.10. The molecular formula is C15H15BrN2O3. The maximum Gasteiger partial charge on any atom is 0.269 e. The van der Waals surface area contributed by atoms with E-state index in [0.29, 0.717) is 13.1 Å². The van der Waals surface area contributed by atoms with Crippen molar-refractivity contribution in [3.63, 3.8) is 0 Å². The highest BCUT2D eigenvalue weighted by Gasteiger charge is 2.06. The van der Waals surface area contributed by atoms with Gasteiger partial charge in [0.05, 0.1) is 12.0 Å². The Bertz CT molecular complexity index is 647. The molecular weight excluding hydrogens is 336 g/mol. The van der Waals surface area contributed by atoms with E-state index in [1.165, 1.54) is 6.07 Å². The van der Waals surface area contributed by atoms with E-state index in [2.05, 4.69) is 21.2 Å². The van der Waals surface area contributed by atoms with Crippen LogP contribution in [0.1, 0.15) is 11.1 Å². The summed E-state index contributed by atoms with van der Waals surface area (Å²) in [5.41, 5.74) is 2.00. The van der Waals surface area contributed by atoms with Gasteiger partial charge >= 0.3 is 0 Å². The highest BCUT2D eigenvalue weighted by molar-refractivity contribution is 9.10. The van der Waals surface area contributed by atoms with Gasteiger partial charge in [0.15, 0.2) is 0 Å². The van der Waals surface area contributed by atoms with Gasteiger partial charge in [-0.25, -0.2) is 0 Å². The van der Waals surface area contributed by atoms with Crippen LogP contribution in [0.25, 0.3) is 0 Å². The van der Waals surface area contributed by atoms with Crippen LogP contribution in [0.4, 0.5) is 5.69 Å². The van der Waals surface area contributed by atoms with Gasteiger partial charge in [0.2, 0.25) is 0 Å². The molecule has 0 amide bonds. The molecule has 0 aliphatic rings. The smallest absolute Gasteiger partial charge is 0.269 e. The molecule has 2 aromatic carbocycles. The summed E-state index contributed by atoms with van der Waals surface area (Å²) < 4.78 is 6.29. The van der Waals surface area contributed by atoms with E-state index >= 15 is 0 Å². The maximum atomic E-state index is 10.7. The highest BCUT2D eigenvalue weighted by Crippen LogP contribution is 2.23. The fourth-order valence-corrected chi connectivity index (χ4v) is 2.42. The summed E-state index contributed by atoms with van der Waals surface area (Å²) >= 11 is 3.43. The van der Waals surface area contributed by atoms with E-state index in [1.807, 2.05) is 24.3 Å². The van der Waals surface area contributed by atoms with E-state index in [1.54, 1.807) is 19.2 Å². The fourth-order valence-electron chi connectivity index (χ4n) is 2.01. The molecule has 0 heterocycles. The second-order valence-electron chi connectivity index (χ2n) is 4.49. The summed E-state index contributed by atoms with van der Waals surface area (Å²) in [5, 5.41) is 14.0. The van der Waals surface area contributed by atoms with Gasteiger partial charge in [-0.1, -0.05) is 28.1 Å². The van der Waals surface area contributed by atoms with Gasteiger partial charge in [0.25, 0.3) is 5.69 Å². The number of nitrogens with zero attached hydrogens (tertiary/aromatic N) is 1. The summed E-state index contributed by atoms with van der Waals surface area (Å²) in [6.07, 6.45) is 0. The van der Waals surface area contributed by atoms with Crippen molar-refractivity contribution in [2.24, 2.45) is 0 Å². The molecule has 2 rings (SSSR count). The molecule has 0 spiro atoms. The predicted molar refractivity (Wildman–Crippen MR) is 84.3 cm³/mol. The Kier molecular flexibility index (Phi) is 5.30. The van der Waals surface area contributed by atoms with Crippen LogP contribution in [-0.4, -0.2) is 12.0 Å². The number of benzene rings is 2. The summed E-state index contributed by atoms with van der Waals surface area (Å²) in [6, 6.07) is 12.4. The van der Waals surface area contributed by atoms with Crippen molar-refractivity contribution in [2.45, 2.75) is 13.1 Å². The van der Waals surface area contributed by atoms with Crippen molar-refractivity contribution in [3.8, 4) is 5.75 Å². The Morgan fingerprint density at radius 3 is 2.76 bits per heavy atom. The van der Waals surface area contributed by atoms with Crippen molar-refractivity contribution in [1.82, 2.24) is 5.32 Å². The zero-order chi connectivity index (χ0) is 15.2. The van der Waals surface area contributed by atoms with Crippen LogP contribution in [0.15, 0.2) is 46.9 Å². The molecule has 0 aromatic heterocycles. The number of hydrogen-bond donors (Lipinski definition) is 1. The molecule has 0 aliphatic carbocycles. The number of nitro benzene ring substituents is 1. The van der Waals surface area contributed by atoms with Gasteiger partial charge in [-0.05, 0) is 23.8 Å². The van der Waals surface area contributed by atoms with Gasteiger partial charge in [0, 0.05) is 35.3 Å². The van der Waals surface area contributed by atoms with Crippen molar-refractivity contribution in [1.29, 1.82) is 0 Å². The van der Waals surface area contributed by atoms with E-state index in [4.69, 9.17) is 4.74 Å². The second kappa shape index (κ2) is 7.19. The monoisotopic (exact) mass is 350 g/mol. The Morgan fingerprint density at radius 2 is 2.05 bits per heavy atom. The number of rotatable bonds is 6. The molecule has 5 nitrogen and oxygen atoms in total. The van der Waals surface area contributed by atoms with Crippen LogP contribution in [-0.2, 0) is 13.1 Å². The van der Waals surface area contributed by atoms with Crippen LogP contribution in [0.5, 0.6) is 5.75 Å². The SMILES string of the molecule is COc1ccc(Br)cc1CNCc1cccc([N+](=O)[O-])c1. The lowest BCUT2D eigenvalue weighted by molar-refractivity contribution is -0.384. The van der Waals surface area contributed by atoms with Gasteiger partial charge in [-0.15, -0.1) is 0 Å². The van der Waals surface area contributed by atoms with Crippen molar-refractivity contribution in [2.75, 3.05) is 7.11 Å².